The summed E-state index contributed by atoms with van der Waals surface area (Å²) in [4.78, 5) is 0. The molecule has 2 rings (SSSR count). The highest BCUT2D eigenvalue weighted by molar-refractivity contribution is 9.10. The fourth-order valence-corrected chi connectivity index (χ4v) is 2.55. The first-order valence-corrected chi connectivity index (χ1v) is 6.59. The fraction of sp³-hybridized carbons (Fsp3) is 0.200. The molecule has 0 unspecified atom stereocenters. The molecule has 0 aliphatic carbocycles. The van der Waals surface area contributed by atoms with E-state index >= 15 is 0 Å². The van der Waals surface area contributed by atoms with Gasteiger partial charge in [0.1, 0.15) is 12.4 Å². The number of anilines is 1. The molecule has 94 valence electrons. The van der Waals surface area contributed by atoms with Gasteiger partial charge in [-0.3, -0.25) is 0 Å². The van der Waals surface area contributed by atoms with Crippen LogP contribution in [0.5, 0.6) is 5.75 Å². The highest BCUT2D eigenvalue weighted by Gasteiger charge is 2.02. The normalized spacial score (nSPS) is 10.4. The lowest BCUT2D eigenvalue weighted by molar-refractivity contribution is 0.304. The standard InChI is InChI=1S/C15H16BrNO/c1-10-5-12(8-13(16)6-10)9-18-15-4-3-14(17)7-11(15)2/h3-8H,9,17H2,1-2H3. The molecule has 3 heteroatoms. The van der Waals surface area contributed by atoms with Crippen LogP contribution in [-0.2, 0) is 6.61 Å². The number of rotatable bonds is 3. The maximum absolute atomic E-state index is 5.81. The monoisotopic (exact) mass is 305 g/mol. The number of aryl methyl sites for hydroxylation is 2. The molecule has 18 heavy (non-hydrogen) atoms. The molecule has 0 spiro atoms. The molecule has 0 atom stereocenters. The van der Waals surface area contributed by atoms with E-state index in [0.717, 1.165) is 27.0 Å². The molecule has 0 bridgehead atoms. The molecule has 0 heterocycles. The summed E-state index contributed by atoms with van der Waals surface area (Å²) in [5.41, 5.74) is 9.90. The Morgan fingerprint density at radius 2 is 1.89 bits per heavy atom. The van der Waals surface area contributed by atoms with Crippen LogP contribution in [0.2, 0.25) is 0 Å². The molecule has 0 aliphatic rings. The number of nitrogen functional groups attached to an aromatic ring is 1. The lowest BCUT2D eigenvalue weighted by atomic mass is 10.1. The first kappa shape index (κ1) is 13.0. The van der Waals surface area contributed by atoms with Crippen molar-refractivity contribution < 1.29 is 4.74 Å². The zero-order valence-corrected chi connectivity index (χ0v) is 12.1. The predicted molar refractivity (Wildman–Crippen MR) is 78.8 cm³/mol. The first-order valence-electron chi connectivity index (χ1n) is 5.79. The van der Waals surface area contributed by atoms with Crippen molar-refractivity contribution in [1.82, 2.24) is 0 Å². The smallest absolute Gasteiger partial charge is 0.122 e. The van der Waals surface area contributed by atoms with Gasteiger partial charge in [-0.15, -0.1) is 0 Å². The molecule has 0 amide bonds. The van der Waals surface area contributed by atoms with Crippen LogP contribution in [0.1, 0.15) is 16.7 Å². The van der Waals surface area contributed by atoms with Crippen LogP contribution in [-0.4, -0.2) is 0 Å². The van der Waals surface area contributed by atoms with Crippen molar-refractivity contribution in [3.05, 3.63) is 57.6 Å². The van der Waals surface area contributed by atoms with Gasteiger partial charge in [-0.25, -0.2) is 0 Å². The lowest BCUT2D eigenvalue weighted by Gasteiger charge is -2.10. The number of benzene rings is 2. The van der Waals surface area contributed by atoms with Gasteiger partial charge in [0.05, 0.1) is 0 Å². The third kappa shape index (κ3) is 3.26. The molecular weight excluding hydrogens is 290 g/mol. The van der Waals surface area contributed by atoms with E-state index in [9.17, 15) is 0 Å². The number of halogens is 1. The summed E-state index contributed by atoms with van der Waals surface area (Å²) in [5, 5.41) is 0. The quantitative estimate of drug-likeness (QED) is 0.861. The van der Waals surface area contributed by atoms with E-state index in [1.165, 1.54) is 5.56 Å². The molecule has 2 nitrogen and oxygen atoms in total. The minimum atomic E-state index is 0.561. The molecule has 2 N–H and O–H groups in total. The van der Waals surface area contributed by atoms with Gasteiger partial charge in [-0.05, 0) is 60.9 Å². The Kier molecular flexibility index (Phi) is 3.92. The molecule has 2 aromatic rings. The van der Waals surface area contributed by atoms with Crippen molar-refractivity contribution in [3.8, 4) is 5.75 Å². The topological polar surface area (TPSA) is 35.2 Å². The van der Waals surface area contributed by atoms with Crippen molar-refractivity contribution in [2.45, 2.75) is 20.5 Å². The Hall–Kier alpha value is -1.48. The zero-order valence-electron chi connectivity index (χ0n) is 10.5. The Morgan fingerprint density at radius 1 is 1.11 bits per heavy atom. The van der Waals surface area contributed by atoms with Crippen LogP contribution in [0.15, 0.2) is 40.9 Å². The molecular formula is C15H16BrNO. The number of hydrogen-bond acceptors (Lipinski definition) is 2. The summed E-state index contributed by atoms with van der Waals surface area (Å²) in [7, 11) is 0. The lowest BCUT2D eigenvalue weighted by Crippen LogP contribution is -1.98. The second-order valence-corrected chi connectivity index (χ2v) is 5.37. The number of nitrogens with two attached hydrogens (primary N) is 1. The van der Waals surface area contributed by atoms with Gasteiger partial charge < -0.3 is 10.5 Å². The number of ether oxygens (including phenoxy) is 1. The van der Waals surface area contributed by atoms with Crippen LogP contribution in [0.4, 0.5) is 5.69 Å². The second kappa shape index (κ2) is 5.44. The Morgan fingerprint density at radius 3 is 2.56 bits per heavy atom. The molecule has 0 aromatic heterocycles. The summed E-state index contributed by atoms with van der Waals surface area (Å²) < 4.78 is 6.89. The van der Waals surface area contributed by atoms with Crippen molar-refractivity contribution >= 4 is 21.6 Å². The summed E-state index contributed by atoms with van der Waals surface area (Å²) in [6.07, 6.45) is 0. The van der Waals surface area contributed by atoms with Crippen molar-refractivity contribution in [1.29, 1.82) is 0 Å². The van der Waals surface area contributed by atoms with E-state index in [1.54, 1.807) is 0 Å². The largest absolute Gasteiger partial charge is 0.489 e. The van der Waals surface area contributed by atoms with Crippen molar-refractivity contribution in [3.63, 3.8) is 0 Å². The van der Waals surface area contributed by atoms with E-state index in [1.807, 2.05) is 25.1 Å². The Labute approximate surface area is 116 Å². The van der Waals surface area contributed by atoms with Gasteiger partial charge in [0.15, 0.2) is 0 Å². The van der Waals surface area contributed by atoms with Crippen LogP contribution in [0.3, 0.4) is 0 Å². The second-order valence-electron chi connectivity index (χ2n) is 4.45. The summed E-state index contributed by atoms with van der Waals surface area (Å²) >= 11 is 3.49. The Bertz CT molecular complexity index is 546. The summed E-state index contributed by atoms with van der Waals surface area (Å²) in [5.74, 6) is 0.877. The zero-order chi connectivity index (χ0) is 13.1. The van der Waals surface area contributed by atoms with Crippen molar-refractivity contribution in [2.24, 2.45) is 0 Å². The van der Waals surface area contributed by atoms with Gasteiger partial charge in [0, 0.05) is 10.2 Å². The fourth-order valence-electron chi connectivity index (χ4n) is 1.89. The van der Waals surface area contributed by atoms with Crippen LogP contribution in [0, 0.1) is 13.8 Å². The van der Waals surface area contributed by atoms with Gasteiger partial charge in [-0.2, -0.15) is 0 Å². The molecule has 2 aromatic carbocycles. The average Bonchev–Trinajstić information content (AvgIpc) is 2.26. The maximum atomic E-state index is 5.81. The SMILES string of the molecule is Cc1cc(Br)cc(COc2ccc(N)cc2C)c1. The highest BCUT2D eigenvalue weighted by atomic mass is 79.9. The average molecular weight is 306 g/mol. The molecule has 0 saturated carbocycles. The maximum Gasteiger partial charge on any atom is 0.122 e. The van der Waals surface area contributed by atoms with E-state index < -0.39 is 0 Å². The van der Waals surface area contributed by atoms with Crippen molar-refractivity contribution in [2.75, 3.05) is 5.73 Å². The molecule has 0 radical (unpaired) electrons. The van der Waals surface area contributed by atoms with Crippen LogP contribution >= 0.6 is 15.9 Å². The Balaban J connectivity index is 2.11. The van der Waals surface area contributed by atoms with E-state index in [4.69, 9.17) is 10.5 Å². The van der Waals surface area contributed by atoms with Gasteiger partial charge in [0.2, 0.25) is 0 Å². The van der Waals surface area contributed by atoms with E-state index in [-0.39, 0.29) is 0 Å². The summed E-state index contributed by atoms with van der Waals surface area (Å²) in [6.45, 7) is 4.63. The molecule has 0 saturated heterocycles. The highest BCUT2D eigenvalue weighted by Crippen LogP contribution is 2.22. The predicted octanol–water partition coefficient (Wildman–Crippen LogP) is 4.23. The van der Waals surface area contributed by atoms with E-state index in [0.29, 0.717) is 6.61 Å². The third-order valence-corrected chi connectivity index (χ3v) is 3.15. The third-order valence-electron chi connectivity index (χ3n) is 2.70. The number of hydrogen-bond donors (Lipinski definition) is 1. The van der Waals surface area contributed by atoms with Crippen LogP contribution < -0.4 is 10.5 Å². The van der Waals surface area contributed by atoms with E-state index in [2.05, 4.69) is 41.1 Å². The van der Waals surface area contributed by atoms with Crippen LogP contribution in [0.25, 0.3) is 0 Å². The van der Waals surface area contributed by atoms with Gasteiger partial charge >= 0.3 is 0 Å². The summed E-state index contributed by atoms with van der Waals surface area (Å²) in [6, 6.07) is 12.0. The molecule has 0 fully saturated rings. The minimum Gasteiger partial charge on any atom is -0.489 e. The molecule has 0 aliphatic heterocycles. The van der Waals surface area contributed by atoms with Gasteiger partial charge in [0.25, 0.3) is 0 Å². The van der Waals surface area contributed by atoms with Gasteiger partial charge in [-0.1, -0.05) is 22.0 Å². The minimum absolute atomic E-state index is 0.561. The first-order chi connectivity index (χ1) is 8.54.